The van der Waals surface area contributed by atoms with Crippen LogP contribution in [-0.4, -0.2) is 25.7 Å². The van der Waals surface area contributed by atoms with Crippen LogP contribution in [0.5, 0.6) is 11.5 Å². The smallest absolute Gasteiger partial charge is 0.347 e. The van der Waals surface area contributed by atoms with Crippen LogP contribution < -0.4 is 20.9 Å². The molecule has 2 rings (SSSR count). The first-order chi connectivity index (χ1) is 11.5. The van der Waals surface area contributed by atoms with Gasteiger partial charge in [0.2, 0.25) is 0 Å². The highest BCUT2D eigenvalue weighted by atomic mass is 16.5. The number of para-hydroxylation sites is 1. The van der Waals surface area contributed by atoms with Crippen LogP contribution >= 0.6 is 0 Å². The van der Waals surface area contributed by atoms with Crippen molar-refractivity contribution in [3.63, 3.8) is 0 Å². The van der Waals surface area contributed by atoms with Gasteiger partial charge in [-0.15, -0.1) is 0 Å². The maximum Gasteiger partial charge on any atom is 0.347 e. The molecule has 0 amide bonds. The Morgan fingerprint density at radius 1 is 1.04 bits per heavy atom. The van der Waals surface area contributed by atoms with Gasteiger partial charge in [-0.3, -0.25) is 0 Å². The van der Waals surface area contributed by atoms with Crippen molar-refractivity contribution in [1.82, 2.24) is 0 Å². The lowest BCUT2D eigenvalue weighted by Crippen LogP contribution is -2.14. The Labute approximate surface area is 139 Å². The van der Waals surface area contributed by atoms with E-state index in [4.69, 9.17) is 20.9 Å². The highest BCUT2D eigenvalue weighted by molar-refractivity contribution is 5.99. The molecule has 0 heterocycles. The van der Waals surface area contributed by atoms with Crippen LogP contribution in [0.3, 0.4) is 0 Å². The van der Waals surface area contributed by atoms with Crippen molar-refractivity contribution >= 4 is 23.3 Å². The van der Waals surface area contributed by atoms with E-state index in [1.807, 2.05) is 0 Å². The second-order valence-corrected chi connectivity index (χ2v) is 4.79. The van der Waals surface area contributed by atoms with E-state index in [1.165, 1.54) is 31.4 Å². The molecular formula is C17H18N2O5. The number of rotatable bonds is 5. The molecule has 0 fully saturated rings. The van der Waals surface area contributed by atoms with Gasteiger partial charge in [0.05, 0.1) is 19.4 Å². The molecule has 0 aliphatic carbocycles. The molecule has 0 bridgehead atoms. The summed E-state index contributed by atoms with van der Waals surface area (Å²) in [6.07, 6.45) is 0. The van der Waals surface area contributed by atoms with Gasteiger partial charge < -0.3 is 25.7 Å². The van der Waals surface area contributed by atoms with Gasteiger partial charge in [0, 0.05) is 5.69 Å². The molecule has 0 aliphatic rings. The number of carbonyl (C=O) groups is 2. The third kappa shape index (κ3) is 3.57. The number of anilines is 2. The molecule has 0 aliphatic heterocycles. The van der Waals surface area contributed by atoms with Crippen LogP contribution in [0.1, 0.15) is 27.6 Å². The Hall–Kier alpha value is -3.22. The predicted molar refractivity (Wildman–Crippen MR) is 89.2 cm³/mol. The Bertz CT molecular complexity index is 774. The SMILES string of the molecule is CCOc1c(N)cccc1C(=O)Oc1ccc(N)cc1C(=O)OC. The van der Waals surface area contributed by atoms with Crippen molar-refractivity contribution in [2.24, 2.45) is 0 Å². The molecule has 0 spiro atoms. The lowest BCUT2D eigenvalue weighted by molar-refractivity contribution is 0.0593. The van der Waals surface area contributed by atoms with Crippen molar-refractivity contribution in [2.45, 2.75) is 6.92 Å². The first-order valence-corrected chi connectivity index (χ1v) is 7.19. The van der Waals surface area contributed by atoms with E-state index in [9.17, 15) is 9.59 Å². The summed E-state index contributed by atoms with van der Waals surface area (Å²) in [4.78, 5) is 24.3. The average molecular weight is 330 g/mol. The fourth-order valence-corrected chi connectivity index (χ4v) is 2.08. The number of methoxy groups -OCH3 is 1. The lowest BCUT2D eigenvalue weighted by atomic mass is 10.1. The molecule has 0 atom stereocenters. The second-order valence-electron chi connectivity index (χ2n) is 4.79. The van der Waals surface area contributed by atoms with Gasteiger partial charge >= 0.3 is 11.9 Å². The average Bonchev–Trinajstić information content (AvgIpc) is 2.57. The van der Waals surface area contributed by atoms with Gasteiger partial charge in [0.25, 0.3) is 0 Å². The summed E-state index contributed by atoms with van der Waals surface area (Å²) in [5.74, 6) is -1.10. The summed E-state index contributed by atoms with van der Waals surface area (Å²) in [6.45, 7) is 2.11. The third-order valence-corrected chi connectivity index (χ3v) is 3.17. The summed E-state index contributed by atoms with van der Waals surface area (Å²) in [5.41, 5.74) is 12.4. The van der Waals surface area contributed by atoms with Gasteiger partial charge in [-0.2, -0.15) is 0 Å². The second kappa shape index (κ2) is 7.36. The summed E-state index contributed by atoms with van der Waals surface area (Å²) in [6, 6.07) is 9.06. The van der Waals surface area contributed by atoms with Crippen molar-refractivity contribution in [1.29, 1.82) is 0 Å². The molecule has 24 heavy (non-hydrogen) atoms. The maximum atomic E-state index is 12.5. The van der Waals surface area contributed by atoms with Crippen LogP contribution in [0.2, 0.25) is 0 Å². The highest BCUT2D eigenvalue weighted by Crippen LogP contribution is 2.29. The molecule has 126 valence electrons. The first kappa shape index (κ1) is 17.1. The largest absolute Gasteiger partial charge is 0.491 e. The van der Waals surface area contributed by atoms with Gasteiger partial charge in [-0.05, 0) is 37.3 Å². The zero-order chi connectivity index (χ0) is 17.7. The number of hydrogen-bond donors (Lipinski definition) is 2. The van der Waals surface area contributed by atoms with E-state index in [2.05, 4.69) is 4.74 Å². The van der Waals surface area contributed by atoms with Crippen molar-refractivity contribution in [3.05, 3.63) is 47.5 Å². The molecular weight excluding hydrogens is 312 g/mol. The molecule has 2 aromatic rings. The van der Waals surface area contributed by atoms with Gasteiger partial charge in [-0.1, -0.05) is 6.07 Å². The number of nitrogens with two attached hydrogens (primary N) is 2. The summed E-state index contributed by atoms with van der Waals surface area (Å²) in [5, 5.41) is 0. The molecule has 0 saturated heterocycles. The predicted octanol–water partition coefficient (Wildman–Crippen LogP) is 2.26. The zero-order valence-electron chi connectivity index (χ0n) is 13.4. The van der Waals surface area contributed by atoms with E-state index in [-0.39, 0.29) is 22.6 Å². The number of esters is 2. The van der Waals surface area contributed by atoms with Crippen LogP contribution in [0.25, 0.3) is 0 Å². The Balaban J connectivity index is 2.38. The fourth-order valence-electron chi connectivity index (χ4n) is 2.08. The van der Waals surface area contributed by atoms with Crippen molar-refractivity contribution in [3.8, 4) is 11.5 Å². The molecule has 0 radical (unpaired) electrons. The summed E-state index contributed by atoms with van der Waals surface area (Å²) < 4.78 is 15.4. The van der Waals surface area contributed by atoms with Crippen LogP contribution in [-0.2, 0) is 4.74 Å². The zero-order valence-corrected chi connectivity index (χ0v) is 13.4. The quantitative estimate of drug-likeness (QED) is 0.491. The van der Waals surface area contributed by atoms with Gasteiger partial charge in [0.1, 0.15) is 16.9 Å². The number of ether oxygens (including phenoxy) is 3. The molecule has 7 heteroatoms. The van der Waals surface area contributed by atoms with Crippen molar-refractivity contribution in [2.75, 3.05) is 25.2 Å². The molecule has 0 saturated carbocycles. The number of nitrogen functional groups attached to an aromatic ring is 2. The maximum absolute atomic E-state index is 12.5. The lowest BCUT2D eigenvalue weighted by Gasteiger charge is -2.13. The third-order valence-electron chi connectivity index (χ3n) is 3.17. The van der Waals surface area contributed by atoms with E-state index in [1.54, 1.807) is 19.1 Å². The Kier molecular flexibility index (Phi) is 5.26. The summed E-state index contributed by atoms with van der Waals surface area (Å²) in [7, 11) is 1.22. The number of carbonyl (C=O) groups excluding carboxylic acids is 2. The van der Waals surface area contributed by atoms with Crippen LogP contribution in [0.4, 0.5) is 11.4 Å². The Morgan fingerprint density at radius 3 is 2.46 bits per heavy atom. The van der Waals surface area contributed by atoms with Gasteiger partial charge in [0.15, 0.2) is 5.75 Å². The van der Waals surface area contributed by atoms with E-state index >= 15 is 0 Å². The van der Waals surface area contributed by atoms with E-state index in [0.29, 0.717) is 18.0 Å². The minimum absolute atomic E-state index is 0.0333. The normalized spacial score (nSPS) is 10.1. The Morgan fingerprint density at radius 2 is 1.79 bits per heavy atom. The van der Waals surface area contributed by atoms with Crippen molar-refractivity contribution < 1.29 is 23.8 Å². The first-order valence-electron chi connectivity index (χ1n) is 7.19. The molecule has 0 unspecified atom stereocenters. The monoisotopic (exact) mass is 330 g/mol. The molecule has 0 aromatic heterocycles. The topological polar surface area (TPSA) is 114 Å². The summed E-state index contributed by atoms with van der Waals surface area (Å²) >= 11 is 0. The van der Waals surface area contributed by atoms with Crippen LogP contribution in [0, 0.1) is 0 Å². The van der Waals surface area contributed by atoms with Crippen LogP contribution in [0.15, 0.2) is 36.4 Å². The minimum Gasteiger partial charge on any atom is -0.491 e. The van der Waals surface area contributed by atoms with E-state index < -0.39 is 11.9 Å². The molecule has 4 N–H and O–H groups in total. The van der Waals surface area contributed by atoms with Gasteiger partial charge in [-0.25, -0.2) is 9.59 Å². The molecule has 2 aromatic carbocycles. The number of benzene rings is 2. The number of hydrogen-bond acceptors (Lipinski definition) is 7. The van der Waals surface area contributed by atoms with E-state index in [0.717, 1.165) is 0 Å². The standard InChI is InChI=1S/C17H18N2O5/c1-3-23-15-11(5-4-6-13(15)19)17(21)24-14-8-7-10(18)9-12(14)16(20)22-2/h4-9H,3,18-19H2,1-2H3. The fraction of sp³-hybridized carbons (Fsp3) is 0.176. The molecule has 7 nitrogen and oxygen atoms in total. The highest BCUT2D eigenvalue weighted by Gasteiger charge is 2.21. The minimum atomic E-state index is -0.708.